The maximum absolute atomic E-state index is 14.1. The molecule has 4 unspecified atom stereocenters. The highest BCUT2D eigenvalue weighted by molar-refractivity contribution is 6.32. The molecular weight excluding hydrogens is 490 g/mol. The first kappa shape index (κ1) is 23.4. The van der Waals surface area contributed by atoms with Crippen molar-refractivity contribution in [1.29, 1.82) is 0 Å². The molecule has 2 aliphatic carbocycles. The molecule has 4 aromatic carbocycles. The van der Waals surface area contributed by atoms with Gasteiger partial charge >= 0.3 is 0 Å². The topological polar surface area (TPSA) is 72.9 Å². The number of carbonyl (C=O) groups is 3. The van der Waals surface area contributed by atoms with E-state index in [0.29, 0.717) is 17.2 Å². The normalized spacial score (nSPS) is 23.6. The Balaban J connectivity index is 1.39. The largest absolute Gasteiger partial charge is 0.497 e. The second kappa shape index (κ2) is 8.67. The van der Waals surface area contributed by atoms with E-state index in [2.05, 4.69) is 0 Å². The molecule has 7 rings (SSSR count). The number of rotatable bonds is 5. The summed E-state index contributed by atoms with van der Waals surface area (Å²) >= 11 is 0. The van der Waals surface area contributed by atoms with Crippen LogP contribution in [0.15, 0.2) is 91.0 Å². The molecule has 6 nitrogen and oxygen atoms in total. The molecule has 0 spiro atoms. The summed E-state index contributed by atoms with van der Waals surface area (Å²) in [5, 5.41) is 1.78. The molecule has 0 radical (unpaired) electrons. The zero-order chi connectivity index (χ0) is 26.8. The number of hydrogen-bond acceptors (Lipinski definition) is 5. The maximum Gasteiger partial charge on any atom is 0.238 e. The van der Waals surface area contributed by atoms with Gasteiger partial charge in [-0.3, -0.25) is 14.4 Å². The number of ether oxygens (including phenoxy) is 2. The molecule has 192 valence electrons. The Morgan fingerprint density at radius 2 is 1.08 bits per heavy atom. The predicted octanol–water partition coefficient (Wildman–Crippen LogP) is 5.40. The van der Waals surface area contributed by atoms with E-state index in [-0.39, 0.29) is 17.6 Å². The second-order valence-electron chi connectivity index (χ2n) is 10.2. The number of allylic oxidation sites excluding steroid dienone is 2. The monoisotopic (exact) mass is 515 g/mol. The van der Waals surface area contributed by atoms with Gasteiger partial charge in [0.15, 0.2) is 0 Å². The van der Waals surface area contributed by atoms with Crippen molar-refractivity contribution in [1.82, 2.24) is 0 Å². The van der Waals surface area contributed by atoms with Crippen molar-refractivity contribution in [3.05, 3.63) is 102 Å². The van der Waals surface area contributed by atoms with Crippen molar-refractivity contribution in [3.8, 4) is 11.5 Å². The Hall–Kier alpha value is -4.71. The van der Waals surface area contributed by atoms with E-state index in [9.17, 15) is 14.4 Å². The fourth-order valence-electron chi connectivity index (χ4n) is 6.79. The molecule has 2 amide bonds. The van der Waals surface area contributed by atoms with Crippen LogP contribution in [0.4, 0.5) is 5.69 Å². The minimum absolute atomic E-state index is 0.0547. The molecule has 0 N–H and O–H groups in total. The lowest BCUT2D eigenvalue weighted by Gasteiger charge is -2.26. The van der Waals surface area contributed by atoms with E-state index in [4.69, 9.17) is 9.47 Å². The Kier molecular flexibility index (Phi) is 5.20. The van der Waals surface area contributed by atoms with Crippen molar-refractivity contribution in [3.63, 3.8) is 0 Å². The fraction of sp³-hybridized carbons (Fsp3) is 0.182. The minimum atomic E-state index is -0.729. The first-order valence-electron chi connectivity index (χ1n) is 13.0. The molecule has 1 saturated heterocycles. The average Bonchev–Trinajstić information content (AvgIpc) is 3.54. The van der Waals surface area contributed by atoms with E-state index >= 15 is 0 Å². The number of amides is 2. The van der Waals surface area contributed by atoms with Crippen LogP contribution in [0.1, 0.15) is 11.1 Å². The zero-order valence-corrected chi connectivity index (χ0v) is 21.5. The first-order valence-corrected chi connectivity index (χ1v) is 13.0. The fourth-order valence-corrected chi connectivity index (χ4v) is 6.79. The van der Waals surface area contributed by atoms with Crippen LogP contribution in [-0.2, 0) is 14.4 Å². The van der Waals surface area contributed by atoms with Gasteiger partial charge in [-0.05, 0) is 58.0 Å². The summed E-state index contributed by atoms with van der Waals surface area (Å²) in [6.07, 6.45) is 0. The first-order chi connectivity index (χ1) is 19.0. The van der Waals surface area contributed by atoms with Crippen molar-refractivity contribution >= 4 is 45.2 Å². The molecular formula is C33H25NO5. The quantitative estimate of drug-likeness (QED) is 0.333. The molecule has 2 bridgehead atoms. The highest BCUT2D eigenvalue weighted by Gasteiger charge is 2.68. The van der Waals surface area contributed by atoms with Gasteiger partial charge in [0.2, 0.25) is 11.8 Å². The smallest absolute Gasteiger partial charge is 0.238 e. The Morgan fingerprint density at radius 3 is 1.59 bits per heavy atom. The molecule has 3 aliphatic rings. The van der Waals surface area contributed by atoms with Gasteiger partial charge in [-0.2, -0.15) is 0 Å². The predicted molar refractivity (Wildman–Crippen MR) is 148 cm³/mol. The van der Waals surface area contributed by atoms with Crippen LogP contribution in [0, 0.1) is 23.7 Å². The number of imide groups is 1. The summed E-state index contributed by atoms with van der Waals surface area (Å²) in [7, 11) is 3.21. The Labute approximate surface area is 225 Å². The van der Waals surface area contributed by atoms with Gasteiger partial charge in [0.1, 0.15) is 17.3 Å². The van der Waals surface area contributed by atoms with Crippen LogP contribution < -0.4 is 14.4 Å². The van der Waals surface area contributed by atoms with Crippen LogP contribution >= 0.6 is 0 Å². The van der Waals surface area contributed by atoms with Crippen LogP contribution in [-0.4, -0.2) is 31.8 Å². The molecule has 6 heteroatoms. The standard InChI is InChI=1S/C33H25NO5/c1-38-21-14-10-19(11-15-21)25-26(20-12-16-22(39-2)17-13-20)28-30-29(27(25)31(28)35)32(36)34(33(30)37)24-9-5-7-18-6-3-4-8-23(18)24/h3-17,27-30H,1-2H3. The third kappa shape index (κ3) is 3.24. The van der Waals surface area contributed by atoms with Crippen molar-refractivity contribution in [2.75, 3.05) is 19.1 Å². The van der Waals surface area contributed by atoms with E-state index in [1.807, 2.05) is 91.0 Å². The van der Waals surface area contributed by atoms with Crippen molar-refractivity contribution < 1.29 is 23.9 Å². The van der Waals surface area contributed by atoms with Gasteiger partial charge < -0.3 is 9.47 Å². The molecule has 39 heavy (non-hydrogen) atoms. The van der Waals surface area contributed by atoms with Gasteiger partial charge in [0, 0.05) is 5.39 Å². The molecule has 1 aliphatic heterocycles. The SMILES string of the molecule is COc1ccc(C2=C(c3ccc(OC)cc3)C3C(=O)C2C2C(=O)N(c4cccc5ccccc45)C(=O)C32)cc1. The number of ketones is 1. The lowest BCUT2D eigenvalue weighted by Crippen LogP contribution is -2.34. The third-order valence-electron chi connectivity index (χ3n) is 8.45. The van der Waals surface area contributed by atoms with E-state index < -0.39 is 23.7 Å². The third-order valence-corrected chi connectivity index (χ3v) is 8.45. The molecule has 4 aromatic rings. The summed E-state index contributed by atoms with van der Waals surface area (Å²) in [6.45, 7) is 0. The molecule has 1 saturated carbocycles. The Morgan fingerprint density at radius 1 is 0.590 bits per heavy atom. The van der Waals surface area contributed by atoms with Crippen molar-refractivity contribution in [2.45, 2.75) is 0 Å². The highest BCUT2D eigenvalue weighted by atomic mass is 16.5. The number of nitrogens with zero attached hydrogens (tertiary/aromatic N) is 1. The van der Waals surface area contributed by atoms with Gasteiger partial charge in [0.25, 0.3) is 0 Å². The lowest BCUT2D eigenvalue weighted by atomic mass is 9.73. The number of carbonyl (C=O) groups excluding carboxylic acids is 3. The number of anilines is 1. The van der Waals surface area contributed by atoms with Gasteiger partial charge in [-0.15, -0.1) is 0 Å². The number of methoxy groups -OCH3 is 2. The van der Waals surface area contributed by atoms with E-state index in [0.717, 1.165) is 33.0 Å². The van der Waals surface area contributed by atoms with E-state index in [1.54, 1.807) is 14.2 Å². The van der Waals surface area contributed by atoms with Gasteiger partial charge in [-0.1, -0.05) is 60.7 Å². The minimum Gasteiger partial charge on any atom is -0.497 e. The number of hydrogen-bond donors (Lipinski definition) is 0. The van der Waals surface area contributed by atoms with Gasteiger partial charge in [-0.25, -0.2) is 4.90 Å². The second-order valence-corrected chi connectivity index (χ2v) is 10.2. The molecule has 2 fully saturated rings. The van der Waals surface area contributed by atoms with Gasteiger partial charge in [0.05, 0.1) is 43.6 Å². The van der Waals surface area contributed by atoms with Crippen LogP contribution in [0.2, 0.25) is 0 Å². The number of benzene rings is 4. The Bertz CT molecular complexity index is 1610. The summed E-state index contributed by atoms with van der Waals surface area (Å²) in [6, 6.07) is 28.4. The summed E-state index contributed by atoms with van der Waals surface area (Å²) in [4.78, 5) is 43.4. The van der Waals surface area contributed by atoms with E-state index in [1.165, 1.54) is 4.90 Å². The van der Waals surface area contributed by atoms with Crippen LogP contribution in [0.25, 0.3) is 21.9 Å². The van der Waals surface area contributed by atoms with Crippen LogP contribution in [0.3, 0.4) is 0 Å². The highest BCUT2D eigenvalue weighted by Crippen LogP contribution is 2.62. The maximum atomic E-state index is 14.1. The number of Topliss-reactive ketones (excluding diaryl/α,β-unsaturated/α-hetero) is 1. The molecule has 1 heterocycles. The van der Waals surface area contributed by atoms with Crippen molar-refractivity contribution in [2.24, 2.45) is 23.7 Å². The lowest BCUT2D eigenvalue weighted by molar-refractivity contribution is -0.128. The average molecular weight is 516 g/mol. The van der Waals surface area contributed by atoms with Crippen LogP contribution in [0.5, 0.6) is 11.5 Å². The summed E-state index contributed by atoms with van der Waals surface area (Å²) < 4.78 is 10.7. The molecule has 0 aromatic heterocycles. The zero-order valence-electron chi connectivity index (χ0n) is 21.5. The summed E-state index contributed by atoms with van der Waals surface area (Å²) in [5.74, 6) is -2.10. The molecule has 4 atom stereocenters. The summed E-state index contributed by atoms with van der Waals surface area (Å²) in [5.41, 5.74) is 3.91. The number of fused-ring (bicyclic) bond motifs is 6.